The fourth-order valence-corrected chi connectivity index (χ4v) is 2.74. The number of piperidine rings is 1. The average Bonchev–Trinajstić information content (AvgIpc) is 2.69. The Bertz CT molecular complexity index is 364. The van der Waals surface area contributed by atoms with Crippen molar-refractivity contribution in [2.24, 2.45) is 13.0 Å². The highest BCUT2D eigenvalue weighted by atomic mass is 15.2. The van der Waals surface area contributed by atoms with Gasteiger partial charge in [0, 0.05) is 25.4 Å². The molecular weight excluding hydrogens is 224 g/mol. The minimum absolute atomic E-state index is 0.852. The summed E-state index contributed by atoms with van der Waals surface area (Å²) in [6, 6.07) is 0. The van der Waals surface area contributed by atoms with Gasteiger partial charge in [-0.3, -0.25) is 4.68 Å². The molecule has 1 aromatic rings. The zero-order chi connectivity index (χ0) is 13.0. The molecule has 4 nitrogen and oxygen atoms in total. The van der Waals surface area contributed by atoms with Gasteiger partial charge in [-0.05, 0) is 51.9 Å². The Morgan fingerprint density at radius 3 is 2.67 bits per heavy atom. The lowest BCUT2D eigenvalue weighted by molar-refractivity contribution is 0.190. The van der Waals surface area contributed by atoms with Crippen LogP contribution >= 0.6 is 0 Å². The number of aryl methyl sites for hydroxylation is 2. The summed E-state index contributed by atoms with van der Waals surface area (Å²) >= 11 is 0. The lowest BCUT2D eigenvalue weighted by Crippen LogP contribution is -2.36. The molecule has 1 saturated heterocycles. The molecule has 0 aromatic carbocycles. The first-order valence-corrected chi connectivity index (χ1v) is 7.11. The third-order valence-corrected chi connectivity index (χ3v) is 4.02. The zero-order valence-electron chi connectivity index (χ0n) is 11.9. The smallest absolute Gasteiger partial charge is 0.0638 e. The molecule has 2 heterocycles. The van der Waals surface area contributed by atoms with Crippen LogP contribution in [0.1, 0.15) is 31.0 Å². The summed E-state index contributed by atoms with van der Waals surface area (Å²) in [5, 5.41) is 7.95. The van der Waals surface area contributed by atoms with E-state index >= 15 is 0 Å². The topological polar surface area (TPSA) is 33.1 Å². The molecule has 0 aliphatic carbocycles. The number of nitrogens with zero attached hydrogens (tertiary/aromatic N) is 3. The molecule has 0 saturated carbocycles. The fraction of sp³-hybridized carbons (Fsp3) is 0.786. The largest absolute Gasteiger partial charge is 0.312 e. The van der Waals surface area contributed by atoms with Crippen molar-refractivity contribution >= 4 is 0 Å². The molecular formula is C14H26N4. The average molecular weight is 250 g/mol. The highest BCUT2D eigenvalue weighted by molar-refractivity contribution is 5.14. The maximum atomic E-state index is 4.37. The first-order valence-electron chi connectivity index (χ1n) is 7.11. The Labute approximate surface area is 110 Å². The lowest BCUT2D eigenvalue weighted by atomic mass is 9.97. The fourth-order valence-electron chi connectivity index (χ4n) is 2.74. The summed E-state index contributed by atoms with van der Waals surface area (Å²) in [7, 11) is 1.98. The van der Waals surface area contributed by atoms with Gasteiger partial charge in [0.05, 0.1) is 5.69 Å². The normalized spacial score (nSPS) is 18.4. The molecule has 0 unspecified atom stereocenters. The number of nitrogens with one attached hydrogen (secondary N) is 1. The van der Waals surface area contributed by atoms with Crippen LogP contribution in [-0.2, 0) is 13.6 Å². The first-order chi connectivity index (χ1) is 8.69. The van der Waals surface area contributed by atoms with Crippen LogP contribution in [0.2, 0.25) is 0 Å². The molecule has 0 atom stereocenters. The molecule has 4 heteroatoms. The third kappa shape index (κ3) is 3.56. The highest BCUT2D eigenvalue weighted by Crippen LogP contribution is 2.16. The van der Waals surface area contributed by atoms with Gasteiger partial charge in [-0.1, -0.05) is 6.92 Å². The summed E-state index contributed by atoms with van der Waals surface area (Å²) in [6.07, 6.45) is 4.79. The van der Waals surface area contributed by atoms with Crippen LogP contribution in [0.5, 0.6) is 0 Å². The maximum absolute atomic E-state index is 4.37. The van der Waals surface area contributed by atoms with E-state index in [4.69, 9.17) is 0 Å². The predicted octanol–water partition coefficient (Wildman–Crippen LogP) is 1.55. The van der Waals surface area contributed by atoms with Gasteiger partial charge < -0.3 is 10.2 Å². The van der Waals surface area contributed by atoms with Crippen molar-refractivity contribution in [1.82, 2.24) is 20.0 Å². The second kappa shape index (κ2) is 6.34. The zero-order valence-corrected chi connectivity index (χ0v) is 11.9. The number of rotatable bonds is 5. The van der Waals surface area contributed by atoms with Crippen molar-refractivity contribution in [3.8, 4) is 0 Å². The van der Waals surface area contributed by atoms with E-state index in [0.717, 1.165) is 24.7 Å². The van der Waals surface area contributed by atoms with Crippen LogP contribution in [0.15, 0.2) is 6.20 Å². The highest BCUT2D eigenvalue weighted by Gasteiger charge is 2.17. The van der Waals surface area contributed by atoms with Crippen molar-refractivity contribution in [1.29, 1.82) is 0 Å². The molecule has 18 heavy (non-hydrogen) atoms. The minimum Gasteiger partial charge on any atom is -0.312 e. The number of likely N-dealkylation sites (tertiary alicyclic amines) is 1. The molecule has 0 amide bonds. The van der Waals surface area contributed by atoms with Crippen molar-refractivity contribution in [3.05, 3.63) is 17.5 Å². The van der Waals surface area contributed by atoms with Crippen LogP contribution in [0, 0.1) is 12.8 Å². The van der Waals surface area contributed by atoms with Gasteiger partial charge in [0.15, 0.2) is 0 Å². The molecule has 0 spiro atoms. The van der Waals surface area contributed by atoms with Gasteiger partial charge >= 0.3 is 0 Å². The Balaban J connectivity index is 1.68. The van der Waals surface area contributed by atoms with Gasteiger partial charge in [-0.15, -0.1) is 0 Å². The van der Waals surface area contributed by atoms with E-state index in [1.165, 1.54) is 38.0 Å². The second-order valence-electron chi connectivity index (χ2n) is 5.42. The van der Waals surface area contributed by atoms with E-state index in [1.54, 1.807) is 0 Å². The van der Waals surface area contributed by atoms with Crippen molar-refractivity contribution in [2.75, 3.05) is 26.2 Å². The number of hydrogen-bond donors (Lipinski definition) is 1. The standard InChI is InChI=1S/C14H26N4/c1-4-18-7-5-13(6-8-18)9-15-10-14-11-17(3)16-12(14)2/h11,13,15H,4-10H2,1-3H3. The van der Waals surface area contributed by atoms with E-state index in [-0.39, 0.29) is 0 Å². The SMILES string of the molecule is CCN1CCC(CNCc2cn(C)nc2C)CC1. The summed E-state index contributed by atoms with van der Waals surface area (Å²) < 4.78 is 1.89. The van der Waals surface area contributed by atoms with Gasteiger partial charge in [-0.25, -0.2) is 0 Å². The van der Waals surface area contributed by atoms with E-state index in [0.29, 0.717) is 0 Å². The molecule has 1 aliphatic heterocycles. The summed E-state index contributed by atoms with van der Waals surface area (Å²) in [5.74, 6) is 0.852. The first kappa shape index (κ1) is 13.6. The third-order valence-electron chi connectivity index (χ3n) is 4.02. The number of aromatic nitrogens is 2. The summed E-state index contributed by atoms with van der Waals surface area (Å²) in [4.78, 5) is 2.54. The van der Waals surface area contributed by atoms with E-state index in [2.05, 4.69) is 35.4 Å². The van der Waals surface area contributed by atoms with E-state index in [1.807, 2.05) is 11.7 Å². The minimum atomic E-state index is 0.852. The lowest BCUT2D eigenvalue weighted by Gasteiger charge is -2.31. The van der Waals surface area contributed by atoms with Gasteiger partial charge in [0.1, 0.15) is 0 Å². The van der Waals surface area contributed by atoms with Gasteiger partial charge in [0.25, 0.3) is 0 Å². The molecule has 0 bridgehead atoms. The Kier molecular flexibility index (Phi) is 4.78. The number of hydrogen-bond acceptors (Lipinski definition) is 3. The Morgan fingerprint density at radius 1 is 1.39 bits per heavy atom. The van der Waals surface area contributed by atoms with Crippen LogP contribution in [0.4, 0.5) is 0 Å². The van der Waals surface area contributed by atoms with Crippen LogP contribution in [0.3, 0.4) is 0 Å². The monoisotopic (exact) mass is 250 g/mol. The van der Waals surface area contributed by atoms with Crippen LogP contribution < -0.4 is 5.32 Å². The summed E-state index contributed by atoms with van der Waals surface area (Å²) in [6.45, 7) is 10.2. The molecule has 2 rings (SSSR count). The van der Waals surface area contributed by atoms with Gasteiger partial charge in [-0.2, -0.15) is 5.10 Å². The van der Waals surface area contributed by atoms with Crippen molar-refractivity contribution < 1.29 is 0 Å². The van der Waals surface area contributed by atoms with Gasteiger partial charge in [0.2, 0.25) is 0 Å². The molecule has 1 aliphatic rings. The second-order valence-corrected chi connectivity index (χ2v) is 5.42. The predicted molar refractivity (Wildman–Crippen MR) is 74.5 cm³/mol. The van der Waals surface area contributed by atoms with Crippen LogP contribution in [0.25, 0.3) is 0 Å². The summed E-state index contributed by atoms with van der Waals surface area (Å²) in [5.41, 5.74) is 2.47. The molecule has 0 radical (unpaired) electrons. The van der Waals surface area contributed by atoms with Crippen LogP contribution in [-0.4, -0.2) is 40.9 Å². The molecule has 1 fully saturated rings. The van der Waals surface area contributed by atoms with Crippen molar-refractivity contribution in [2.45, 2.75) is 33.2 Å². The van der Waals surface area contributed by atoms with E-state index in [9.17, 15) is 0 Å². The molecule has 102 valence electrons. The molecule has 1 N–H and O–H groups in total. The maximum Gasteiger partial charge on any atom is 0.0638 e. The Hall–Kier alpha value is -0.870. The quantitative estimate of drug-likeness (QED) is 0.861. The Morgan fingerprint density at radius 2 is 2.11 bits per heavy atom. The molecule has 1 aromatic heterocycles. The van der Waals surface area contributed by atoms with Crippen molar-refractivity contribution in [3.63, 3.8) is 0 Å². The van der Waals surface area contributed by atoms with E-state index < -0.39 is 0 Å².